The number of carbonyl (C=O) groups is 2. The number of hydrogen-bond donors (Lipinski definition) is 2. The maximum atomic E-state index is 13.7. The lowest BCUT2D eigenvalue weighted by atomic mass is 10.1. The number of carbonyl (C=O) groups excluding carboxylic acids is 2. The van der Waals surface area contributed by atoms with Gasteiger partial charge in [-0.25, -0.2) is 0 Å². The minimum atomic E-state index is -0.704. The second-order valence-electron chi connectivity index (χ2n) is 12.9. The lowest BCUT2D eigenvalue weighted by Gasteiger charge is -2.23. The fourth-order valence-corrected chi connectivity index (χ4v) is 6.46. The first-order valence-corrected chi connectivity index (χ1v) is 17.2. The second-order valence-corrected chi connectivity index (χ2v) is 12.9. The Labute approximate surface area is 306 Å². The van der Waals surface area contributed by atoms with Crippen LogP contribution in [0.4, 0.5) is 11.4 Å². The number of amides is 2. The molecule has 2 amide bonds. The normalized spacial score (nSPS) is 12.3. The summed E-state index contributed by atoms with van der Waals surface area (Å²) in [6, 6.07) is 27.3. The monoisotopic (exact) mass is 709 g/mol. The van der Waals surface area contributed by atoms with E-state index >= 15 is 0 Å². The zero-order chi connectivity index (χ0) is 36.9. The molecule has 0 atom stereocenters. The van der Waals surface area contributed by atoms with Crippen molar-refractivity contribution in [2.45, 2.75) is 19.4 Å². The summed E-state index contributed by atoms with van der Waals surface area (Å²) in [5.74, 6) is -0.784. The number of nitrogens with one attached hydrogen (secondary N) is 2. The summed E-state index contributed by atoms with van der Waals surface area (Å²) in [7, 11) is 4.98. The van der Waals surface area contributed by atoms with Crippen LogP contribution in [0, 0.1) is 0 Å². The van der Waals surface area contributed by atoms with Crippen LogP contribution in [0.3, 0.4) is 0 Å². The van der Waals surface area contributed by atoms with Gasteiger partial charge in [-0.1, -0.05) is 36.4 Å². The summed E-state index contributed by atoms with van der Waals surface area (Å²) >= 11 is 0. The summed E-state index contributed by atoms with van der Waals surface area (Å²) in [5.41, 5.74) is 5.64. The van der Waals surface area contributed by atoms with Gasteiger partial charge in [0.15, 0.2) is 22.7 Å². The van der Waals surface area contributed by atoms with Crippen LogP contribution in [0.15, 0.2) is 123 Å². The van der Waals surface area contributed by atoms with Crippen LogP contribution < -0.4 is 25.5 Å². The van der Waals surface area contributed by atoms with E-state index in [9.17, 15) is 14.4 Å². The second kappa shape index (κ2) is 15.4. The van der Waals surface area contributed by atoms with Gasteiger partial charge < -0.3 is 29.1 Å². The maximum Gasteiger partial charge on any atom is 0.291 e. The van der Waals surface area contributed by atoms with Crippen molar-refractivity contribution in [2.75, 3.05) is 37.9 Å². The minimum Gasteiger partial charge on any atom is -0.493 e. The molecule has 0 saturated heterocycles. The van der Waals surface area contributed by atoms with Crippen molar-refractivity contribution >= 4 is 51.3 Å². The minimum absolute atomic E-state index is 0.123. The molecular weight excluding hydrogens is 670 g/mol. The molecule has 11 heteroatoms. The first-order chi connectivity index (χ1) is 25.8. The molecule has 268 valence electrons. The Morgan fingerprint density at radius 1 is 0.868 bits per heavy atom. The number of aromatic nitrogens is 1. The van der Waals surface area contributed by atoms with E-state index in [1.807, 2.05) is 36.7 Å². The molecule has 7 rings (SSSR count). The number of anilines is 2. The molecule has 1 aliphatic rings. The number of aryl methyl sites for hydroxylation is 1. The third-order valence-corrected chi connectivity index (χ3v) is 9.30. The number of benzene rings is 4. The van der Waals surface area contributed by atoms with Gasteiger partial charge in [0.05, 0.1) is 30.9 Å². The van der Waals surface area contributed by atoms with Crippen LogP contribution in [0.5, 0.6) is 11.5 Å². The Morgan fingerprint density at radius 3 is 2.42 bits per heavy atom. The molecule has 0 saturated carbocycles. The summed E-state index contributed by atoms with van der Waals surface area (Å²) in [5, 5.41) is 7.23. The molecule has 11 nitrogen and oxygen atoms in total. The van der Waals surface area contributed by atoms with Crippen molar-refractivity contribution in [3.8, 4) is 11.5 Å². The van der Waals surface area contributed by atoms with Gasteiger partial charge in [-0.2, -0.15) is 0 Å². The average molecular weight is 710 g/mol. The SMILES string of the molecule is COc1cc(NC(=O)c2cc(=O)c3ccccc3o2)c(C(=O)Nc2ccc(CCN(CC3=CN=CC3)Cc3ccc4ccn(C)c4c3)cc2)cc1OC. The quantitative estimate of drug-likeness (QED) is 0.130. The number of ether oxygens (including phenoxy) is 2. The number of fused-ring (bicyclic) bond motifs is 2. The third kappa shape index (κ3) is 7.90. The van der Waals surface area contributed by atoms with Gasteiger partial charge >= 0.3 is 0 Å². The Morgan fingerprint density at radius 2 is 1.64 bits per heavy atom. The first-order valence-electron chi connectivity index (χ1n) is 17.2. The largest absolute Gasteiger partial charge is 0.493 e. The van der Waals surface area contributed by atoms with Gasteiger partial charge in [0, 0.05) is 75.1 Å². The van der Waals surface area contributed by atoms with Crippen LogP contribution in [0.25, 0.3) is 21.9 Å². The standard InChI is InChI=1S/C42H39N5O6/c1-46-18-16-30-11-8-28(20-35(30)46)25-47(26-29-14-17-43-24-29)19-15-27-9-12-31(13-10-27)44-41(49)33-21-38(51-2)39(52-3)22-34(33)45-42(50)40-23-36(48)32-6-4-5-7-37(32)53-40/h4-13,16-18,20-24H,14-15,19,25-26H2,1-3H3,(H,44,49)(H,45,50). The van der Waals surface area contributed by atoms with Crippen LogP contribution in [0.2, 0.25) is 0 Å². The van der Waals surface area contributed by atoms with Crippen molar-refractivity contribution < 1.29 is 23.5 Å². The summed E-state index contributed by atoms with van der Waals surface area (Å²) < 4.78 is 18.8. The number of rotatable bonds is 13. The molecule has 0 unspecified atom stereocenters. The van der Waals surface area contributed by atoms with Gasteiger partial charge in [0.2, 0.25) is 0 Å². The van der Waals surface area contributed by atoms with Gasteiger partial charge in [-0.3, -0.25) is 24.3 Å². The summed E-state index contributed by atoms with van der Waals surface area (Å²) in [4.78, 5) is 46.5. The topological polar surface area (TPSA) is 127 Å². The third-order valence-electron chi connectivity index (χ3n) is 9.30. The van der Waals surface area contributed by atoms with Crippen molar-refractivity contribution in [3.63, 3.8) is 0 Å². The molecule has 1 aliphatic heterocycles. The highest BCUT2D eigenvalue weighted by Crippen LogP contribution is 2.34. The van der Waals surface area contributed by atoms with E-state index in [4.69, 9.17) is 13.9 Å². The fourth-order valence-electron chi connectivity index (χ4n) is 6.46. The van der Waals surface area contributed by atoms with Gasteiger partial charge in [-0.15, -0.1) is 0 Å². The highest BCUT2D eigenvalue weighted by Gasteiger charge is 2.21. The lowest BCUT2D eigenvalue weighted by molar-refractivity contribution is 0.0997. The molecule has 0 aliphatic carbocycles. The van der Waals surface area contributed by atoms with Crippen LogP contribution >= 0.6 is 0 Å². The Balaban J connectivity index is 1.05. The smallest absolute Gasteiger partial charge is 0.291 e. The van der Waals surface area contributed by atoms with E-state index in [1.54, 1.807) is 24.3 Å². The number of hydrogen-bond acceptors (Lipinski definition) is 8. The molecule has 6 aromatic rings. The van der Waals surface area contributed by atoms with Crippen molar-refractivity contribution in [1.82, 2.24) is 9.47 Å². The van der Waals surface area contributed by atoms with E-state index in [0.717, 1.165) is 44.1 Å². The zero-order valence-electron chi connectivity index (χ0n) is 29.7. The average Bonchev–Trinajstić information content (AvgIpc) is 3.83. The molecule has 3 heterocycles. The summed E-state index contributed by atoms with van der Waals surface area (Å²) in [6.07, 6.45) is 7.66. The number of nitrogens with zero attached hydrogens (tertiary/aromatic N) is 3. The maximum absolute atomic E-state index is 13.7. The Hall–Kier alpha value is -6.46. The van der Waals surface area contributed by atoms with Crippen molar-refractivity contribution in [1.29, 1.82) is 0 Å². The predicted molar refractivity (Wildman–Crippen MR) is 207 cm³/mol. The molecule has 0 fully saturated rings. The van der Waals surface area contributed by atoms with E-state index < -0.39 is 11.8 Å². The zero-order valence-corrected chi connectivity index (χ0v) is 29.7. The number of aliphatic imine (C=N–C) groups is 1. The molecule has 0 spiro atoms. The Kier molecular flexibility index (Phi) is 10.2. The Bertz CT molecular complexity index is 2440. The molecule has 0 bridgehead atoms. The number of para-hydroxylation sites is 1. The summed E-state index contributed by atoms with van der Waals surface area (Å²) in [6.45, 7) is 2.47. The highest BCUT2D eigenvalue weighted by atomic mass is 16.5. The fraction of sp³-hybridized carbons (Fsp3) is 0.190. The molecule has 53 heavy (non-hydrogen) atoms. The van der Waals surface area contributed by atoms with E-state index in [0.29, 0.717) is 22.6 Å². The van der Waals surface area contributed by atoms with E-state index in [-0.39, 0.29) is 28.0 Å². The molecular formula is C42H39N5O6. The molecule has 2 N–H and O–H groups in total. The number of methoxy groups -OCH3 is 2. The van der Waals surface area contributed by atoms with Gasteiger partial charge in [-0.05, 0) is 71.0 Å². The first kappa shape index (κ1) is 35.0. The van der Waals surface area contributed by atoms with Crippen molar-refractivity contribution in [2.24, 2.45) is 12.0 Å². The van der Waals surface area contributed by atoms with E-state index in [1.165, 1.54) is 48.4 Å². The van der Waals surface area contributed by atoms with Crippen LogP contribution in [-0.4, -0.2) is 54.8 Å². The van der Waals surface area contributed by atoms with Gasteiger partial charge in [0.25, 0.3) is 11.8 Å². The molecule has 2 aromatic heterocycles. The van der Waals surface area contributed by atoms with Crippen LogP contribution in [-0.2, 0) is 20.0 Å². The predicted octanol–water partition coefficient (Wildman–Crippen LogP) is 7.21. The van der Waals surface area contributed by atoms with Gasteiger partial charge in [0.1, 0.15) is 5.58 Å². The van der Waals surface area contributed by atoms with Crippen molar-refractivity contribution in [3.05, 3.63) is 142 Å². The lowest BCUT2D eigenvalue weighted by Crippen LogP contribution is -2.28. The molecule has 0 radical (unpaired) electrons. The highest BCUT2D eigenvalue weighted by molar-refractivity contribution is 6.12. The van der Waals surface area contributed by atoms with Crippen LogP contribution in [0.1, 0.15) is 38.5 Å². The molecule has 4 aromatic carbocycles. The van der Waals surface area contributed by atoms with E-state index in [2.05, 4.69) is 62.6 Å².